The van der Waals surface area contributed by atoms with Crippen molar-refractivity contribution < 1.29 is 4.74 Å². The molecular weight excluding hydrogens is 236 g/mol. The molecule has 1 N–H and O–H groups in total. The van der Waals surface area contributed by atoms with Crippen LogP contribution in [0.1, 0.15) is 52.9 Å². The van der Waals surface area contributed by atoms with Crippen LogP contribution >= 0.6 is 0 Å². The van der Waals surface area contributed by atoms with Crippen LogP contribution in [0.3, 0.4) is 0 Å². The van der Waals surface area contributed by atoms with Gasteiger partial charge in [0.15, 0.2) is 0 Å². The Balaban J connectivity index is 2.13. The third-order valence-electron chi connectivity index (χ3n) is 5.41. The fourth-order valence-electron chi connectivity index (χ4n) is 4.12. The van der Waals surface area contributed by atoms with Gasteiger partial charge in [-0.1, -0.05) is 26.7 Å². The van der Waals surface area contributed by atoms with Crippen LogP contribution in [0.5, 0.6) is 0 Å². The fraction of sp³-hybridized carbons (Fsp3) is 1.00. The zero-order valence-corrected chi connectivity index (χ0v) is 13.1. The summed E-state index contributed by atoms with van der Waals surface area (Å²) < 4.78 is 5.54. The van der Waals surface area contributed by atoms with E-state index in [9.17, 15) is 0 Å². The van der Waals surface area contributed by atoms with Gasteiger partial charge >= 0.3 is 0 Å². The van der Waals surface area contributed by atoms with E-state index < -0.39 is 0 Å². The molecule has 0 aromatic carbocycles. The summed E-state index contributed by atoms with van der Waals surface area (Å²) in [4.78, 5) is 2.68. The molecule has 0 aromatic heterocycles. The van der Waals surface area contributed by atoms with E-state index in [0.717, 1.165) is 38.8 Å². The summed E-state index contributed by atoms with van der Waals surface area (Å²) in [6.07, 6.45) is 6.90. The quantitative estimate of drug-likeness (QED) is 0.801. The summed E-state index contributed by atoms with van der Waals surface area (Å²) >= 11 is 0. The lowest BCUT2D eigenvalue weighted by Gasteiger charge is -2.50. The Bertz CT molecular complexity index is 259. The number of rotatable bonds is 6. The Morgan fingerprint density at radius 2 is 1.84 bits per heavy atom. The lowest BCUT2D eigenvalue weighted by atomic mass is 9.78. The molecule has 112 valence electrons. The Morgan fingerprint density at radius 3 is 2.37 bits per heavy atom. The molecule has 0 spiro atoms. The zero-order chi connectivity index (χ0) is 13.7. The standard InChI is InChI=1S/C16H32N2O/c1-4-16(3,18-10-12-19-13-11-18)15(17-5-2)14-8-6-7-9-14/h14-15,17H,4-13H2,1-3H3. The van der Waals surface area contributed by atoms with Crippen molar-refractivity contribution in [3.05, 3.63) is 0 Å². The van der Waals surface area contributed by atoms with Gasteiger partial charge in [0.1, 0.15) is 0 Å². The molecule has 1 aliphatic heterocycles. The number of morpholine rings is 1. The predicted octanol–water partition coefficient (Wildman–Crippen LogP) is 2.66. The molecule has 2 fully saturated rings. The molecule has 2 aliphatic rings. The maximum Gasteiger partial charge on any atom is 0.0594 e. The third-order valence-corrected chi connectivity index (χ3v) is 5.41. The lowest BCUT2D eigenvalue weighted by Crippen LogP contribution is -2.63. The fourth-order valence-corrected chi connectivity index (χ4v) is 4.12. The summed E-state index contributed by atoms with van der Waals surface area (Å²) in [5.41, 5.74) is 0.287. The highest BCUT2D eigenvalue weighted by atomic mass is 16.5. The van der Waals surface area contributed by atoms with E-state index in [2.05, 4.69) is 31.0 Å². The number of nitrogens with zero attached hydrogens (tertiary/aromatic N) is 1. The van der Waals surface area contributed by atoms with Crippen LogP contribution in [0, 0.1) is 5.92 Å². The monoisotopic (exact) mass is 268 g/mol. The Hall–Kier alpha value is -0.120. The second-order valence-corrected chi connectivity index (χ2v) is 6.39. The highest BCUT2D eigenvalue weighted by Gasteiger charge is 2.42. The SMILES string of the molecule is CCNC(C1CCCC1)C(C)(CC)N1CCOCC1. The minimum absolute atomic E-state index is 0.287. The Labute approximate surface area is 119 Å². The van der Waals surface area contributed by atoms with Crippen molar-refractivity contribution in [1.29, 1.82) is 0 Å². The van der Waals surface area contributed by atoms with E-state index in [4.69, 9.17) is 4.74 Å². The molecule has 0 amide bonds. The second-order valence-electron chi connectivity index (χ2n) is 6.39. The minimum atomic E-state index is 0.287. The molecule has 2 rings (SSSR count). The molecule has 1 aliphatic carbocycles. The molecule has 1 saturated carbocycles. The smallest absolute Gasteiger partial charge is 0.0594 e. The van der Waals surface area contributed by atoms with Gasteiger partial charge in [0.05, 0.1) is 13.2 Å². The van der Waals surface area contributed by atoms with Crippen molar-refractivity contribution in [2.24, 2.45) is 5.92 Å². The molecule has 0 radical (unpaired) electrons. The Morgan fingerprint density at radius 1 is 1.21 bits per heavy atom. The molecule has 0 aromatic rings. The van der Waals surface area contributed by atoms with Crippen molar-refractivity contribution in [2.75, 3.05) is 32.8 Å². The molecule has 0 bridgehead atoms. The van der Waals surface area contributed by atoms with Crippen molar-refractivity contribution in [2.45, 2.75) is 64.5 Å². The van der Waals surface area contributed by atoms with E-state index >= 15 is 0 Å². The van der Waals surface area contributed by atoms with Crippen LogP contribution in [0.2, 0.25) is 0 Å². The first kappa shape index (κ1) is 15.3. The van der Waals surface area contributed by atoms with Gasteiger partial charge in [0.25, 0.3) is 0 Å². The zero-order valence-electron chi connectivity index (χ0n) is 13.1. The highest BCUT2D eigenvalue weighted by molar-refractivity contribution is 5.01. The van der Waals surface area contributed by atoms with Crippen molar-refractivity contribution >= 4 is 0 Å². The maximum atomic E-state index is 5.54. The molecule has 1 saturated heterocycles. The van der Waals surface area contributed by atoms with Gasteiger partial charge in [0, 0.05) is 24.7 Å². The van der Waals surface area contributed by atoms with E-state index in [-0.39, 0.29) is 5.54 Å². The van der Waals surface area contributed by atoms with E-state index in [0.29, 0.717) is 6.04 Å². The number of hydrogen-bond acceptors (Lipinski definition) is 3. The molecule has 2 unspecified atom stereocenters. The van der Waals surface area contributed by atoms with Gasteiger partial charge in [0.2, 0.25) is 0 Å². The number of nitrogens with one attached hydrogen (secondary N) is 1. The van der Waals surface area contributed by atoms with Crippen LogP contribution in [0.15, 0.2) is 0 Å². The molecule has 3 nitrogen and oxygen atoms in total. The normalized spacial score (nSPS) is 27.3. The predicted molar refractivity (Wildman–Crippen MR) is 80.5 cm³/mol. The molecule has 19 heavy (non-hydrogen) atoms. The first-order chi connectivity index (χ1) is 9.22. The number of ether oxygens (including phenoxy) is 1. The number of hydrogen-bond donors (Lipinski definition) is 1. The van der Waals surface area contributed by atoms with Crippen LogP contribution in [0.25, 0.3) is 0 Å². The second kappa shape index (κ2) is 7.05. The first-order valence-corrected chi connectivity index (χ1v) is 8.28. The van der Waals surface area contributed by atoms with Gasteiger partial charge in [-0.3, -0.25) is 4.90 Å². The van der Waals surface area contributed by atoms with E-state index in [1.807, 2.05) is 0 Å². The van der Waals surface area contributed by atoms with E-state index in [1.165, 1.54) is 32.1 Å². The maximum absolute atomic E-state index is 5.54. The van der Waals surface area contributed by atoms with Crippen LogP contribution in [0.4, 0.5) is 0 Å². The summed E-state index contributed by atoms with van der Waals surface area (Å²) in [6, 6.07) is 0.642. The average Bonchev–Trinajstić information content (AvgIpc) is 2.98. The van der Waals surface area contributed by atoms with Crippen molar-refractivity contribution in [3.8, 4) is 0 Å². The van der Waals surface area contributed by atoms with Crippen LogP contribution in [-0.4, -0.2) is 49.3 Å². The topological polar surface area (TPSA) is 24.5 Å². The summed E-state index contributed by atoms with van der Waals surface area (Å²) in [6.45, 7) is 12.2. The van der Waals surface area contributed by atoms with Crippen molar-refractivity contribution in [1.82, 2.24) is 10.2 Å². The van der Waals surface area contributed by atoms with E-state index in [1.54, 1.807) is 0 Å². The molecular formula is C16H32N2O. The van der Waals surface area contributed by atoms with Gasteiger partial charge in [-0.25, -0.2) is 0 Å². The highest BCUT2D eigenvalue weighted by Crippen LogP contribution is 2.36. The van der Waals surface area contributed by atoms with Gasteiger partial charge in [-0.2, -0.15) is 0 Å². The van der Waals surface area contributed by atoms with Crippen LogP contribution in [-0.2, 0) is 4.74 Å². The largest absolute Gasteiger partial charge is 0.379 e. The molecule has 2 atom stereocenters. The minimum Gasteiger partial charge on any atom is -0.379 e. The van der Waals surface area contributed by atoms with Gasteiger partial charge in [-0.15, -0.1) is 0 Å². The third kappa shape index (κ3) is 3.32. The molecule has 1 heterocycles. The van der Waals surface area contributed by atoms with Gasteiger partial charge < -0.3 is 10.1 Å². The Kier molecular flexibility index (Phi) is 5.67. The van der Waals surface area contributed by atoms with Gasteiger partial charge in [-0.05, 0) is 38.6 Å². The number of likely N-dealkylation sites (N-methyl/N-ethyl adjacent to an activating group) is 1. The van der Waals surface area contributed by atoms with Crippen molar-refractivity contribution in [3.63, 3.8) is 0 Å². The first-order valence-electron chi connectivity index (χ1n) is 8.28. The summed E-state index contributed by atoms with van der Waals surface area (Å²) in [7, 11) is 0. The van der Waals surface area contributed by atoms with Crippen LogP contribution < -0.4 is 5.32 Å². The molecule has 3 heteroatoms. The summed E-state index contributed by atoms with van der Waals surface area (Å²) in [5.74, 6) is 0.868. The lowest BCUT2D eigenvalue weighted by molar-refractivity contribution is -0.0405. The average molecular weight is 268 g/mol. The summed E-state index contributed by atoms with van der Waals surface area (Å²) in [5, 5.41) is 3.83.